The van der Waals surface area contributed by atoms with E-state index in [-0.39, 0.29) is 37.3 Å². The van der Waals surface area contributed by atoms with E-state index < -0.39 is 6.04 Å². The molecule has 2 amide bonds. The standard InChI is InChI=1S/C29H30FN3O5/c1-36-17-16-32(29(35)22-8-14-25(38-3)15-9-22)19-28(34)33-27(21-6-12-24(37-2)13-7-21)18-26(31-33)20-4-10-23(30)11-5-20/h4-15,27H,16-19H2,1-3H3/t27-/m1/s1. The van der Waals surface area contributed by atoms with E-state index in [1.165, 1.54) is 29.2 Å². The van der Waals surface area contributed by atoms with E-state index in [4.69, 9.17) is 14.2 Å². The van der Waals surface area contributed by atoms with E-state index in [0.717, 1.165) is 11.1 Å². The Morgan fingerprint density at radius 2 is 1.53 bits per heavy atom. The Morgan fingerprint density at radius 1 is 0.921 bits per heavy atom. The number of hydrogen-bond donors (Lipinski definition) is 0. The zero-order valence-electron chi connectivity index (χ0n) is 21.6. The lowest BCUT2D eigenvalue weighted by atomic mass is 9.98. The minimum atomic E-state index is -0.395. The minimum Gasteiger partial charge on any atom is -0.497 e. The molecular formula is C29H30FN3O5. The first-order valence-electron chi connectivity index (χ1n) is 12.1. The van der Waals surface area contributed by atoms with E-state index in [0.29, 0.717) is 29.2 Å². The number of methoxy groups -OCH3 is 3. The summed E-state index contributed by atoms with van der Waals surface area (Å²) >= 11 is 0. The van der Waals surface area contributed by atoms with Crippen molar-refractivity contribution < 1.29 is 28.2 Å². The number of benzene rings is 3. The summed E-state index contributed by atoms with van der Waals surface area (Å²) in [5.74, 6) is 0.322. The van der Waals surface area contributed by atoms with Crippen LogP contribution in [0.4, 0.5) is 4.39 Å². The molecule has 0 fully saturated rings. The van der Waals surface area contributed by atoms with Gasteiger partial charge in [0.05, 0.1) is 32.6 Å². The summed E-state index contributed by atoms with van der Waals surface area (Å²) in [5.41, 5.74) is 2.68. The van der Waals surface area contributed by atoms with Crippen LogP contribution < -0.4 is 9.47 Å². The molecule has 4 rings (SSSR count). The van der Waals surface area contributed by atoms with Gasteiger partial charge in [-0.15, -0.1) is 0 Å². The summed E-state index contributed by atoms with van der Waals surface area (Å²) in [6.45, 7) is 0.297. The summed E-state index contributed by atoms with van der Waals surface area (Å²) in [5, 5.41) is 6.06. The summed E-state index contributed by atoms with van der Waals surface area (Å²) in [4.78, 5) is 28.4. The van der Waals surface area contributed by atoms with Crippen molar-refractivity contribution >= 4 is 17.5 Å². The predicted octanol–water partition coefficient (Wildman–Crippen LogP) is 4.31. The van der Waals surface area contributed by atoms with Crippen LogP contribution in [0.5, 0.6) is 11.5 Å². The quantitative estimate of drug-likeness (QED) is 0.399. The molecule has 0 aliphatic carbocycles. The van der Waals surface area contributed by atoms with Gasteiger partial charge < -0.3 is 19.1 Å². The fourth-order valence-electron chi connectivity index (χ4n) is 4.25. The van der Waals surface area contributed by atoms with Crippen LogP contribution in [-0.2, 0) is 9.53 Å². The Hall–Kier alpha value is -4.24. The third-order valence-electron chi connectivity index (χ3n) is 6.36. The van der Waals surface area contributed by atoms with Crippen LogP contribution in [-0.4, -0.2) is 68.5 Å². The van der Waals surface area contributed by atoms with Crippen LogP contribution in [0.15, 0.2) is 77.9 Å². The van der Waals surface area contributed by atoms with Crippen LogP contribution in [0, 0.1) is 5.82 Å². The molecule has 0 bridgehead atoms. The van der Waals surface area contributed by atoms with Crippen molar-refractivity contribution in [3.05, 3.63) is 95.3 Å². The number of nitrogens with zero attached hydrogens (tertiary/aromatic N) is 3. The number of rotatable bonds is 10. The highest BCUT2D eigenvalue weighted by Gasteiger charge is 2.34. The number of ether oxygens (including phenoxy) is 3. The Balaban J connectivity index is 1.61. The molecule has 3 aromatic carbocycles. The number of hydrogen-bond acceptors (Lipinski definition) is 6. The van der Waals surface area contributed by atoms with Gasteiger partial charge in [0.2, 0.25) is 0 Å². The molecule has 1 heterocycles. The van der Waals surface area contributed by atoms with E-state index in [1.54, 1.807) is 50.6 Å². The summed E-state index contributed by atoms with van der Waals surface area (Å²) in [6.07, 6.45) is 0.439. The number of hydrazone groups is 1. The second-order valence-electron chi connectivity index (χ2n) is 8.73. The maximum absolute atomic E-state index is 13.7. The molecule has 0 aromatic heterocycles. The maximum atomic E-state index is 13.7. The molecule has 1 atom stereocenters. The van der Waals surface area contributed by atoms with Gasteiger partial charge in [-0.1, -0.05) is 24.3 Å². The fraction of sp³-hybridized carbons (Fsp3) is 0.276. The van der Waals surface area contributed by atoms with Crippen molar-refractivity contribution in [3.63, 3.8) is 0 Å². The molecular weight excluding hydrogens is 489 g/mol. The Labute approximate surface area is 221 Å². The first-order valence-corrected chi connectivity index (χ1v) is 12.1. The van der Waals surface area contributed by atoms with Crippen molar-refractivity contribution in [3.8, 4) is 11.5 Å². The second kappa shape index (κ2) is 12.3. The lowest BCUT2D eigenvalue weighted by Crippen LogP contribution is -2.42. The molecule has 0 radical (unpaired) electrons. The summed E-state index contributed by atoms with van der Waals surface area (Å²) < 4.78 is 29.2. The van der Waals surface area contributed by atoms with Crippen LogP contribution in [0.1, 0.15) is 33.9 Å². The highest BCUT2D eigenvalue weighted by atomic mass is 19.1. The van der Waals surface area contributed by atoms with Crippen molar-refractivity contribution in [1.29, 1.82) is 0 Å². The zero-order chi connectivity index (χ0) is 27.1. The van der Waals surface area contributed by atoms with E-state index >= 15 is 0 Å². The van der Waals surface area contributed by atoms with Crippen molar-refractivity contribution in [1.82, 2.24) is 9.91 Å². The molecule has 1 aliphatic heterocycles. The van der Waals surface area contributed by atoms with Crippen LogP contribution >= 0.6 is 0 Å². The molecule has 0 unspecified atom stereocenters. The van der Waals surface area contributed by atoms with Gasteiger partial charge in [-0.2, -0.15) is 5.10 Å². The van der Waals surface area contributed by atoms with Crippen LogP contribution in [0.25, 0.3) is 0 Å². The Morgan fingerprint density at radius 3 is 2.11 bits per heavy atom. The van der Waals surface area contributed by atoms with Gasteiger partial charge in [0.15, 0.2) is 0 Å². The van der Waals surface area contributed by atoms with Crippen molar-refractivity contribution in [2.45, 2.75) is 12.5 Å². The largest absolute Gasteiger partial charge is 0.497 e. The molecule has 0 saturated heterocycles. The number of amides is 2. The second-order valence-corrected chi connectivity index (χ2v) is 8.73. The topological polar surface area (TPSA) is 80.7 Å². The Bertz CT molecular complexity index is 1280. The van der Waals surface area contributed by atoms with E-state index in [9.17, 15) is 14.0 Å². The molecule has 0 spiro atoms. The SMILES string of the molecule is COCCN(CC(=O)N1N=C(c2ccc(F)cc2)C[C@@H]1c1ccc(OC)cc1)C(=O)c1ccc(OC)cc1. The molecule has 1 aliphatic rings. The van der Waals surface area contributed by atoms with Crippen LogP contribution in [0.2, 0.25) is 0 Å². The monoisotopic (exact) mass is 519 g/mol. The summed E-state index contributed by atoms with van der Waals surface area (Å²) in [7, 11) is 4.68. The molecule has 9 heteroatoms. The lowest BCUT2D eigenvalue weighted by Gasteiger charge is -2.27. The minimum absolute atomic E-state index is 0.193. The van der Waals surface area contributed by atoms with Gasteiger partial charge in [0.25, 0.3) is 11.8 Å². The first-order chi connectivity index (χ1) is 18.4. The smallest absolute Gasteiger partial charge is 0.262 e. The molecule has 0 N–H and O–H groups in total. The predicted molar refractivity (Wildman–Crippen MR) is 141 cm³/mol. The highest BCUT2D eigenvalue weighted by Crippen LogP contribution is 2.34. The first kappa shape index (κ1) is 26.8. The molecule has 38 heavy (non-hydrogen) atoms. The van der Waals surface area contributed by atoms with Gasteiger partial charge in [-0.25, -0.2) is 9.40 Å². The van der Waals surface area contributed by atoms with E-state index in [1.807, 2.05) is 24.3 Å². The summed E-state index contributed by atoms with van der Waals surface area (Å²) in [6, 6.07) is 19.8. The maximum Gasteiger partial charge on any atom is 0.262 e. The normalized spacial score (nSPS) is 14.7. The molecule has 3 aromatic rings. The lowest BCUT2D eigenvalue weighted by molar-refractivity contribution is -0.133. The highest BCUT2D eigenvalue weighted by molar-refractivity contribution is 6.03. The van der Waals surface area contributed by atoms with Gasteiger partial charge in [-0.3, -0.25) is 9.59 Å². The van der Waals surface area contributed by atoms with Gasteiger partial charge in [0.1, 0.15) is 23.9 Å². The third-order valence-corrected chi connectivity index (χ3v) is 6.36. The van der Waals surface area contributed by atoms with Crippen LogP contribution in [0.3, 0.4) is 0 Å². The van der Waals surface area contributed by atoms with Crippen molar-refractivity contribution in [2.24, 2.45) is 5.10 Å². The molecule has 198 valence electrons. The number of carbonyl (C=O) groups is 2. The number of carbonyl (C=O) groups excluding carboxylic acids is 2. The zero-order valence-corrected chi connectivity index (χ0v) is 21.6. The average molecular weight is 520 g/mol. The Kier molecular flexibility index (Phi) is 8.70. The third kappa shape index (κ3) is 6.18. The van der Waals surface area contributed by atoms with Crippen molar-refractivity contribution in [2.75, 3.05) is 41.0 Å². The number of halogens is 1. The molecule has 0 saturated carbocycles. The average Bonchev–Trinajstić information content (AvgIpc) is 3.41. The van der Waals surface area contributed by atoms with Gasteiger partial charge in [0, 0.05) is 25.6 Å². The fourth-order valence-corrected chi connectivity index (χ4v) is 4.25. The van der Waals surface area contributed by atoms with Gasteiger partial charge in [-0.05, 0) is 59.7 Å². The van der Waals surface area contributed by atoms with Gasteiger partial charge >= 0.3 is 0 Å². The molecule has 8 nitrogen and oxygen atoms in total. The van der Waals surface area contributed by atoms with E-state index in [2.05, 4.69) is 5.10 Å².